The first-order chi connectivity index (χ1) is 31.1. The van der Waals surface area contributed by atoms with Crippen molar-refractivity contribution in [3.63, 3.8) is 0 Å². The lowest BCUT2D eigenvalue weighted by Gasteiger charge is -2.21. The third-order valence-corrected chi connectivity index (χ3v) is 13.2. The number of amides is 1. The van der Waals surface area contributed by atoms with Crippen LogP contribution in [0.4, 0.5) is 0 Å². The molecule has 0 aliphatic heterocycles. The Morgan fingerprint density at radius 1 is 0.381 bits per heavy atom. The number of aliphatic hydroxyl groups is 3. The van der Waals surface area contributed by atoms with Crippen molar-refractivity contribution in [3.8, 4) is 0 Å². The summed E-state index contributed by atoms with van der Waals surface area (Å²) in [5.74, 6) is -0.510. The molecular formula is C58H111NO4. The van der Waals surface area contributed by atoms with Crippen molar-refractivity contribution < 1.29 is 20.1 Å². The fourth-order valence-electron chi connectivity index (χ4n) is 8.79. The monoisotopic (exact) mass is 886 g/mol. The highest BCUT2D eigenvalue weighted by Gasteiger charge is 2.22. The highest BCUT2D eigenvalue weighted by Crippen LogP contribution is 2.17. The maximum atomic E-state index is 12.5. The van der Waals surface area contributed by atoms with E-state index in [1.54, 1.807) is 6.08 Å². The van der Waals surface area contributed by atoms with Gasteiger partial charge in [0.25, 0.3) is 0 Å². The zero-order chi connectivity index (χ0) is 45.8. The summed E-state index contributed by atoms with van der Waals surface area (Å²) in [5.41, 5.74) is 0. The van der Waals surface area contributed by atoms with Crippen molar-refractivity contribution in [1.29, 1.82) is 0 Å². The van der Waals surface area contributed by atoms with E-state index in [1.165, 1.54) is 244 Å². The molecule has 0 aliphatic rings. The first-order valence-electron chi connectivity index (χ1n) is 28.3. The Bertz CT molecular complexity index is 978. The normalized spacial score (nSPS) is 13.5. The molecule has 0 spiro atoms. The molecule has 0 aromatic heterocycles. The number of nitrogens with one attached hydrogen (secondary N) is 1. The summed E-state index contributed by atoms with van der Waals surface area (Å²) in [6.07, 6.45) is 69.4. The van der Waals surface area contributed by atoms with Gasteiger partial charge in [-0.05, 0) is 57.8 Å². The Labute approximate surface area is 394 Å². The van der Waals surface area contributed by atoms with Crippen LogP contribution in [0.15, 0.2) is 36.5 Å². The molecule has 5 heteroatoms. The fourth-order valence-corrected chi connectivity index (χ4v) is 8.79. The number of carbonyl (C=O) groups excluding carboxylic acids is 1. The standard InChI is InChI=1S/C58H111NO4/c1-3-5-7-9-11-13-15-17-19-21-23-25-27-28-29-30-31-33-35-37-39-41-43-45-47-49-51-53-57(62)58(63)59-55(54-60)56(61)52-50-48-46-44-42-40-38-36-34-32-26-24-22-20-18-16-14-12-10-8-6-4-2/h28-29,42,44,50,52,55-57,60-62H,3-27,30-41,43,45-49,51,53-54H2,1-2H3,(H,59,63)/b29-28-,44-42+,52-50+. The van der Waals surface area contributed by atoms with Crippen LogP contribution in [0.3, 0.4) is 0 Å². The molecule has 1 amide bonds. The molecular weight excluding hydrogens is 775 g/mol. The minimum Gasteiger partial charge on any atom is -0.394 e. The molecule has 0 rings (SSSR count). The van der Waals surface area contributed by atoms with E-state index in [4.69, 9.17) is 0 Å². The number of rotatable bonds is 52. The molecule has 0 saturated carbocycles. The summed E-state index contributed by atoms with van der Waals surface area (Å²) >= 11 is 0. The average Bonchev–Trinajstić information content (AvgIpc) is 3.29. The Morgan fingerprint density at radius 3 is 0.968 bits per heavy atom. The van der Waals surface area contributed by atoms with E-state index in [0.29, 0.717) is 6.42 Å². The number of unbranched alkanes of at least 4 members (excludes halogenated alkanes) is 40. The molecule has 0 bridgehead atoms. The lowest BCUT2D eigenvalue weighted by Crippen LogP contribution is -2.48. The Hall–Kier alpha value is -1.43. The maximum absolute atomic E-state index is 12.5. The quantitative estimate of drug-likeness (QED) is 0.0362. The van der Waals surface area contributed by atoms with Crippen LogP contribution in [0.5, 0.6) is 0 Å². The van der Waals surface area contributed by atoms with E-state index in [2.05, 4.69) is 43.5 Å². The van der Waals surface area contributed by atoms with E-state index in [9.17, 15) is 20.1 Å². The molecule has 0 aliphatic carbocycles. The van der Waals surface area contributed by atoms with Crippen molar-refractivity contribution in [2.45, 2.75) is 321 Å². The van der Waals surface area contributed by atoms with E-state index in [-0.39, 0.29) is 6.61 Å². The molecule has 5 nitrogen and oxygen atoms in total. The second-order valence-electron chi connectivity index (χ2n) is 19.5. The molecule has 372 valence electrons. The number of carbonyl (C=O) groups is 1. The van der Waals surface area contributed by atoms with Crippen LogP contribution in [-0.4, -0.2) is 46.1 Å². The molecule has 0 heterocycles. The van der Waals surface area contributed by atoms with E-state index < -0.39 is 24.2 Å². The summed E-state index contributed by atoms with van der Waals surface area (Å²) in [5, 5.41) is 33.3. The Balaban J connectivity index is 3.60. The van der Waals surface area contributed by atoms with Gasteiger partial charge in [-0.15, -0.1) is 0 Å². The third kappa shape index (κ3) is 48.3. The van der Waals surface area contributed by atoms with Gasteiger partial charge in [0, 0.05) is 0 Å². The van der Waals surface area contributed by atoms with Crippen LogP contribution in [0, 0.1) is 0 Å². The molecule has 63 heavy (non-hydrogen) atoms. The lowest BCUT2D eigenvalue weighted by atomic mass is 10.0. The molecule has 3 atom stereocenters. The summed E-state index contributed by atoms with van der Waals surface area (Å²) in [6, 6.07) is -0.815. The third-order valence-electron chi connectivity index (χ3n) is 13.2. The SMILES string of the molecule is CCCCCCCCCCCCCC/C=C\CCCCCCCCCCCCCC(O)C(=O)NC(CO)C(O)/C=C/CC/C=C/CCCCCCCCCCCCCCCCCC. The van der Waals surface area contributed by atoms with Crippen LogP contribution in [0.2, 0.25) is 0 Å². The smallest absolute Gasteiger partial charge is 0.249 e. The first kappa shape index (κ1) is 61.6. The second-order valence-corrected chi connectivity index (χ2v) is 19.5. The maximum Gasteiger partial charge on any atom is 0.249 e. The predicted octanol–water partition coefficient (Wildman–Crippen LogP) is 17.4. The van der Waals surface area contributed by atoms with Crippen molar-refractivity contribution >= 4 is 5.91 Å². The van der Waals surface area contributed by atoms with Crippen molar-refractivity contribution in [1.82, 2.24) is 5.32 Å². The van der Waals surface area contributed by atoms with Crippen LogP contribution in [0.25, 0.3) is 0 Å². The fraction of sp³-hybridized carbons (Fsp3) is 0.879. The Kier molecular flexibility index (Phi) is 52.0. The number of allylic oxidation sites excluding steroid dienone is 5. The predicted molar refractivity (Wildman–Crippen MR) is 278 cm³/mol. The van der Waals surface area contributed by atoms with Crippen LogP contribution in [0.1, 0.15) is 303 Å². The highest BCUT2D eigenvalue weighted by atomic mass is 16.3. The topological polar surface area (TPSA) is 89.8 Å². The summed E-state index contributed by atoms with van der Waals surface area (Å²) in [4.78, 5) is 12.5. The summed E-state index contributed by atoms with van der Waals surface area (Å²) in [7, 11) is 0. The lowest BCUT2D eigenvalue weighted by molar-refractivity contribution is -0.131. The minimum absolute atomic E-state index is 0.375. The van der Waals surface area contributed by atoms with Gasteiger partial charge in [-0.25, -0.2) is 0 Å². The number of aliphatic hydroxyl groups excluding tert-OH is 3. The average molecular weight is 887 g/mol. The van der Waals surface area contributed by atoms with Gasteiger partial charge < -0.3 is 20.6 Å². The zero-order valence-electron chi connectivity index (χ0n) is 42.5. The van der Waals surface area contributed by atoms with Gasteiger partial charge in [0.2, 0.25) is 5.91 Å². The highest BCUT2D eigenvalue weighted by molar-refractivity contribution is 5.80. The zero-order valence-corrected chi connectivity index (χ0v) is 42.5. The first-order valence-corrected chi connectivity index (χ1v) is 28.3. The van der Waals surface area contributed by atoms with E-state index in [1.807, 2.05) is 6.08 Å². The van der Waals surface area contributed by atoms with Gasteiger partial charge in [0.1, 0.15) is 6.10 Å². The van der Waals surface area contributed by atoms with Gasteiger partial charge in [-0.2, -0.15) is 0 Å². The van der Waals surface area contributed by atoms with Gasteiger partial charge in [0.15, 0.2) is 0 Å². The van der Waals surface area contributed by atoms with Crippen LogP contribution >= 0.6 is 0 Å². The van der Waals surface area contributed by atoms with Crippen molar-refractivity contribution in [2.75, 3.05) is 6.61 Å². The minimum atomic E-state index is -1.11. The summed E-state index contributed by atoms with van der Waals surface area (Å²) in [6.45, 7) is 4.20. The van der Waals surface area contributed by atoms with Crippen molar-refractivity contribution in [3.05, 3.63) is 36.5 Å². The molecule has 0 saturated heterocycles. The molecule has 0 aromatic rings. The van der Waals surface area contributed by atoms with E-state index in [0.717, 1.165) is 38.5 Å². The van der Waals surface area contributed by atoms with Gasteiger partial charge >= 0.3 is 0 Å². The Morgan fingerprint density at radius 2 is 0.651 bits per heavy atom. The number of hydrogen-bond donors (Lipinski definition) is 4. The van der Waals surface area contributed by atoms with Gasteiger partial charge in [-0.1, -0.05) is 281 Å². The molecule has 0 fully saturated rings. The van der Waals surface area contributed by atoms with Gasteiger partial charge in [-0.3, -0.25) is 4.79 Å². The van der Waals surface area contributed by atoms with E-state index >= 15 is 0 Å². The largest absolute Gasteiger partial charge is 0.394 e. The van der Waals surface area contributed by atoms with Crippen molar-refractivity contribution in [2.24, 2.45) is 0 Å². The van der Waals surface area contributed by atoms with Crippen LogP contribution in [-0.2, 0) is 4.79 Å². The second kappa shape index (κ2) is 53.2. The summed E-state index contributed by atoms with van der Waals surface area (Å²) < 4.78 is 0. The molecule has 0 radical (unpaired) electrons. The molecule has 3 unspecified atom stereocenters. The van der Waals surface area contributed by atoms with Gasteiger partial charge in [0.05, 0.1) is 18.8 Å². The molecule has 4 N–H and O–H groups in total. The van der Waals surface area contributed by atoms with Crippen LogP contribution < -0.4 is 5.32 Å². The molecule has 0 aromatic carbocycles. The number of hydrogen-bond acceptors (Lipinski definition) is 4.